The lowest BCUT2D eigenvalue weighted by molar-refractivity contribution is 0.129. The Balaban J connectivity index is 1.31. The molecule has 1 atom stereocenters. The van der Waals surface area contributed by atoms with Gasteiger partial charge in [0.05, 0.1) is 16.7 Å². The van der Waals surface area contributed by atoms with Gasteiger partial charge in [0.15, 0.2) is 0 Å². The summed E-state index contributed by atoms with van der Waals surface area (Å²) in [5, 5.41) is 2.42. The Labute approximate surface area is 334 Å². The number of fused-ring (bicyclic) bond motifs is 5. The van der Waals surface area contributed by atoms with Gasteiger partial charge in [0.1, 0.15) is 23.8 Å². The first-order valence-corrected chi connectivity index (χ1v) is 20.5. The van der Waals surface area contributed by atoms with Crippen molar-refractivity contribution >= 4 is 27.8 Å². The maximum atomic E-state index is 7.08. The molecule has 0 amide bonds. The number of hydrogen-bond acceptors (Lipinski definition) is 4. The second-order valence-electron chi connectivity index (χ2n) is 19.3. The first-order valence-electron chi connectivity index (χ1n) is 20.5. The molecular formula is C51H59N3O2. The standard InChI is InChI=1S/C51H59N3O2/c1-28(2)45(29(3)4)51(14)27-55-48(53-51)35-21-34(44-32(7)18-30(5)19-33(44)8)22-37(23-35)56-43-26-42-40(20-31(43)6)50(12,13)41-25-36(49(9,10)11)24-39-38-16-15-17-52-47(38)54(42)46(39)41/h15-26,28-29,45H,27H2,1-14H3/t51-/m0/s1. The van der Waals surface area contributed by atoms with Crippen LogP contribution < -0.4 is 4.74 Å². The molecular weight excluding hydrogens is 687 g/mol. The summed E-state index contributed by atoms with van der Waals surface area (Å²) in [5.74, 6) is 3.62. The molecule has 2 aliphatic rings. The van der Waals surface area contributed by atoms with Crippen LogP contribution in [0.1, 0.15) is 114 Å². The van der Waals surface area contributed by atoms with Gasteiger partial charge >= 0.3 is 0 Å². The molecule has 4 aromatic carbocycles. The molecule has 0 unspecified atom stereocenters. The zero-order valence-electron chi connectivity index (χ0n) is 36.0. The van der Waals surface area contributed by atoms with Crippen molar-refractivity contribution in [3.05, 3.63) is 117 Å². The summed E-state index contributed by atoms with van der Waals surface area (Å²) in [5.41, 5.74) is 14.8. The van der Waals surface area contributed by atoms with Gasteiger partial charge in [-0.25, -0.2) is 9.98 Å². The minimum Gasteiger partial charge on any atom is -0.475 e. The summed E-state index contributed by atoms with van der Waals surface area (Å²) in [6.45, 7) is 32.4. The molecule has 56 heavy (non-hydrogen) atoms. The van der Waals surface area contributed by atoms with Gasteiger partial charge in [-0.15, -0.1) is 0 Å². The average molecular weight is 746 g/mol. The normalized spacial score (nSPS) is 17.6. The molecule has 0 saturated carbocycles. The zero-order chi connectivity index (χ0) is 40.2. The Morgan fingerprint density at radius 2 is 1.45 bits per heavy atom. The van der Waals surface area contributed by atoms with E-state index in [1.165, 1.54) is 55.2 Å². The SMILES string of the molecule is Cc1cc(C)c(-c2cc(Oc3cc4c(cc3C)C(C)(C)c3cc(C(C)(C)C)cc5c6cccnc6n-4c35)cc(C3=N[C@](C)(C(C(C)C)C(C)C)CO3)c2)c(C)c1. The van der Waals surface area contributed by atoms with E-state index in [4.69, 9.17) is 19.5 Å². The number of rotatable bonds is 7. The van der Waals surface area contributed by atoms with E-state index in [1.807, 2.05) is 6.20 Å². The monoisotopic (exact) mass is 745 g/mol. The predicted molar refractivity (Wildman–Crippen MR) is 234 cm³/mol. The van der Waals surface area contributed by atoms with Gasteiger partial charge in [-0.3, -0.25) is 4.57 Å². The number of aromatic nitrogens is 2. The lowest BCUT2D eigenvalue weighted by Gasteiger charge is -2.36. The van der Waals surface area contributed by atoms with Crippen LogP contribution in [0.15, 0.2) is 77.9 Å². The molecule has 0 radical (unpaired) electrons. The van der Waals surface area contributed by atoms with Crippen LogP contribution in [0.5, 0.6) is 11.5 Å². The summed E-state index contributed by atoms with van der Waals surface area (Å²) in [4.78, 5) is 10.4. The van der Waals surface area contributed by atoms with E-state index in [0.717, 1.165) is 39.5 Å². The first-order chi connectivity index (χ1) is 26.3. The topological polar surface area (TPSA) is 48.6 Å². The van der Waals surface area contributed by atoms with E-state index < -0.39 is 0 Å². The Hall–Kier alpha value is -4.90. The van der Waals surface area contributed by atoms with E-state index in [2.05, 4.69) is 168 Å². The predicted octanol–water partition coefficient (Wildman–Crippen LogP) is 13.3. The third-order valence-corrected chi connectivity index (χ3v) is 12.7. The van der Waals surface area contributed by atoms with Gasteiger partial charge in [-0.1, -0.05) is 86.1 Å². The number of hydrogen-bond donors (Lipinski definition) is 0. The van der Waals surface area contributed by atoms with Crippen molar-refractivity contribution in [3.8, 4) is 28.3 Å². The van der Waals surface area contributed by atoms with Crippen LogP contribution in [0.4, 0.5) is 0 Å². The van der Waals surface area contributed by atoms with Crippen LogP contribution >= 0.6 is 0 Å². The van der Waals surface area contributed by atoms with Gasteiger partial charge in [0.2, 0.25) is 5.90 Å². The highest BCUT2D eigenvalue weighted by Gasteiger charge is 2.43. The summed E-state index contributed by atoms with van der Waals surface area (Å²) in [7, 11) is 0. The van der Waals surface area contributed by atoms with Gasteiger partial charge in [0, 0.05) is 34.0 Å². The highest BCUT2D eigenvalue weighted by molar-refractivity contribution is 6.10. The van der Waals surface area contributed by atoms with Crippen LogP contribution in [-0.4, -0.2) is 27.6 Å². The van der Waals surface area contributed by atoms with E-state index in [-0.39, 0.29) is 16.4 Å². The summed E-state index contributed by atoms with van der Waals surface area (Å²) in [6, 6.07) is 24.7. The Morgan fingerprint density at radius 3 is 2.11 bits per heavy atom. The Bertz CT molecular complexity index is 2560. The van der Waals surface area contributed by atoms with Crippen molar-refractivity contribution in [2.45, 2.75) is 113 Å². The van der Waals surface area contributed by atoms with E-state index in [1.54, 1.807) is 0 Å². The van der Waals surface area contributed by atoms with Crippen molar-refractivity contribution in [3.63, 3.8) is 0 Å². The van der Waals surface area contributed by atoms with E-state index >= 15 is 0 Å². The molecule has 290 valence electrons. The van der Waals surface area contributed by atoms with Gasteiger partial charge in [-0.2, -0.15) is 0 Å². The third-order valence-electron chi connectivity index (χ3n) is 12.7. The second-order valence-corrected chi connectivity index (χ2v) is 19.3. The van der Waals surface area contributed by atoms with Gasteiger partial charge in [0.25, 0.3) is 0 Å². The quantitative estimate of drug-likeness (QED) is 0.163. The number of aliphatic imine (C=N–C) groups is 1. The molecule has 0 N–H and O–H groups in total. The fourth-order valence-corrected chi connectivity index (χ4v) is 10.5. The average Bonchev–Trinajstić information content (AvgIpc) is 3.65. The third kappa shape index (κ3) is 6.04. The molecule has 5 heteroatoms. The molecule has 0 aliphatic carbocycles. The van der Waals surface area contributed by atoms with Crippen LogP contribution in [-0.2, 0) is 15.6 Å². The van der Waals surface area contributed by atoms with Crippen LogP contribution in [0.3, 0.4) is 0 Å². The zero-order valence-corrected chi connectivity index (χ0v) is 36.0. The Morgan fingerprint density at radius 1 is 0.768 bits per heavy atom. The fourth-order valence-electron chi connectivity index (χ4n) is 10.5. The van der Waals surface area contributed by atoms with Crippen molar-refractivity contribution < 1.29 is 9.47 Å². The molecule has 6 aromatic rings. The van der Waals surface area contributed by atoms with Crippen LogP contribution in [0.25, 0.3) is 38.8 Å². The number of nitrogens with zero attached hydrogens (tertiary/aromatic N) is 3. The number of ether oxygens (including phenoxy) is 2. The summed E-state index contributed by atoms with van der Waals surface area (Å²) < 4.78 is 16.0. The number of aryl methyl sites for hydroxylation is 4. The first kappa shape index (κ1) is 38.0. The molecule has 5 nitrogen and oxygen atoms in total. The Kier molecular flexibility index (Phi) is 8.87. The summed E-state index contributed by atoms with van der Waals surface area (Å²) in [6.07, 6.45) is 1.91. The minimum atomic E-state index is -0.310. The van der Waals surface area contributed by atoms with E-state index in [9.17, 15) is 0 Å². The van der Waals surface area contributed by atoms with Crippen molar-refractivity contribution in [2.75, 3.05) is 6.61 Å². The molecule has 2 aromatic heterocycles. The maximum Gasteiger partial charge on any atom is 0.216 e. The number of pyridine rings is 1. The van der Waals surface area contributed by atoms with Crippen LogP contribution in [0.2, 0.25) is 0 Å². The minimum absolute atomic E-state index is 0.00658. The maximum absolute atomic E-state index is 7.08. The van der Waals surface area contributed by atoms with E-state index in [0.29, 0.717) is 30.3 Å². The molecule has 4 heterocycles. The van der Waals surface area contributed by atoms with Crippen molar-refractivity contribution in [1.29, 1.82) is 0 Å². The molecule has 0 saturated heterocycles. The molecule has 0 bridgehead atoms. The second kappa shape index (κ2) is 13.1. The molecule has 2 aliphatic heterocycles. The van der Waals surface area contributed by atoms with Gasteiger partial charge < -0.3 is 9.47 Å². The summed E-state index contributed by atoms with van der Waals surface area (Å²) >= 11 is 0. The number of benzene rings is 4. The largest absolute Gasteiger partial charge is 0.475 e. The highest BCUT2D eigenvalue weighted by Crippen LogP contribution is 2.50. The molecule has 0 spiro atoms. The van der Waals surface area contributed by atoms with Crippen LogP contribution in [0, 0.1) is 45.4 Å². The molecule has 8 rings (SSSR count). The fraction of sp³-hybridized carbons (Fsp3) is 0.412. The van der Waals surface area contributed by atoms with Crippen molar-refractivity contribution in [2.24, 2.45) is 22.7 Å². The van der Waals surface area contributed by atoms with Crippen molar-refractivity contribution in [1.82, 2.24) is 9.55 Å². The lowest BCUT2D eigenvalue weighted by Crippen LogP contribution is -2.40. The smallest absolute Gasteiger partial charge is 0.216 e. The molecule has 0 fully saturated rings. The highest BCUT2D eigenvalue weighted by atomic mass is 16.5. The van der Waals surface area contributed by atoms with Gasteiger partial charge in [-0.05, 0) is 145 Å². The lowest BCUT2D eigenvalue weighted by atomic mass is 9.72.